The van der Waals surface area contributed by atoms with Gasteiger partial charge in [-0.25, -0.2) is 0 Å². The van der Waals surface area contributed by atoms with Crippen LogP contribution in [-0.2, 0) is 14.4 Å². The largest absolute Gasteiger partial charge is 0.342 e. The molecule has 0 aromatic carbocycles. The molecule has 76 valence electrons. The fourth-order valence-corrected chi connectivity index (χ4v) is 1.43. The lowest BCUT2D eigenvalue weighted by molar-refractivity contribution is -0.180. The first-order valence-corrected chi connectivity index (χ1v) is 5.11. The Balaban J connectivity index is 3.55. The van der Waals surface area contributed by atoms with Crippen LogP contribution in [-0.4, -0.2) is 35.5 Å². The normalized spacial score (nSPS) is 9.85. The van der Waals surface area contributed by atoms with Gasteiger partial charge in [-0.2, -0.15) is 16.8 Å². The van der Waals surface area contributed by atoms with Gasteiger partial charge in [0.1, 0.15) is 0 Å². The summed E-state index contributed by atoms with van der Waals surface area (Å²) in [6.45, 7) is 4.38. The number of carbonyl (C=O) groups is 2. The summed E-state index contributed by atoms with van der Waals surface area (Å²) in [5.41, 5.74) is 0. The van der Waals surface area contributed by atoms with Crippen LogP contribution in [0.1, 0.15) is 20.3 Å². The average molecular weight is 205 g/mol. The summed E-state index contributed by atoms with van der Waals surface area (Å²) in [6.07, 6.45) is 0.396. The molecule has 0 saturated heterocycles. The lowest BCUT2D eigenvalue weighted by atomic mass is 10.4. The van der Waals surface area contributed by atoms with E-state index in [9.17, 15) is 9.59 Å². The minimum atomic E-state index is -0.180. The van der Waals surface area contributed by atoms with E-state index in [4.69, 9.17) is 0 Å². The molecule has 0 fully saturated rings. The minimum Gasteiger partial charge on any atom is -0.342 e. The van der Waals surface area contributed by atoms with E-state index >= 15 is 0 Å². The highest BCUT2D eigenvalue weighted by atomic mass is 32.2. The zero-order valence-electron chi connectivity index (χ0n) is 8.15. The number of hydrogen-bond acceptors (Lipinski definition) is 4. The van der Waals surface area contributed by atoms with Crippen LogP contribution < -0.4 is 0 Å². The second kappa shape index (κ2) is 6.77. The van der Waals surface area contributed by atoms with Crippen LogP contribution >= 0.6 is 11.8 Å². The Hall–Kier alpha value is -0.710. The quantitative estimate of drug-likeness (QED) is 0.480. The Kier molecular flexibility index (Phi) is 6.40. The maximum Gasteiger partial charge on any atom is 0.320 e. The number of hydroxylamine groups is 2. The van der Waals surface area contributed by atoms with Crippen molar-refractivity contribution in [2.75, 3.05) is 12.8 Å². The number of hydrogen-bond donors (Lipinski definition) is 0. The first-order valence-electron chi connectivity index (χ1n) is 4.06. The Labute approximate surface area is 82.6 Å². The zero-order valence-corrected chi connectivity index (χ0v) is 8.97. The number of carbonyl (C=O) groups excluding carboxylic acids is 2. The second-order valence-corrected chi connectivity index (χ2v) is 4.45. The molecule has 13 heavy (non-hydrogen) atoms. The highest BCUT2D eigenvalue weighted by Crippen LogP contribution is 2.10. The van der Waals surface area contributed by atoms with E-state index in [2.05, 4.69) is 18.7 Å². The van der Waals surface area contributed by atoms with E-state index in [-0.39, 0.29) is 12.4 Å². The molecular weight excluding hydrogens is 190 g/mol. The van der Waals surface area contributed by atoms with E-state index < -0.39 is 0 Å². The Morgan fingerprint density at radius 2 is 2.23 bits per heavy atom. The number of rotatable bonds is 6. The third-order valence-corrected chi connectivity index (χ3v) is 2.43. The van der Waals surface area contributed by atoms with Crippen molar-refractivity contribution in [3.05, 3.63) is 0 Å². The molecule has 0 aliphatic carbocycles. The highest BCUT2D eigenvalue weighted by molar-refractivity contribution is 7.99. The van der Waals surface area contributed by atoms with Crippen LogP contribution in [0.2, 0.25) is 0 Å². The van der Waals surface area contributed by atoms with Gasteiger partial charge in [0.15, 0.2) is 0 Å². The third kappa shape index (κ3) is 6.45. The van der Waals surface area contributed by atoms with Crippen molar-refractivity contribution in [3.8, 4) is 0 Å². The van der Waals surface area contributed by atoms with Gasteiger partial charge in [0.25, 0.3) is 5.91 Å². The molecule has 5 heteroatoms. The van der Waals surface area contributed by atoms with Crippen LogP contribution in [0.3, 0.4) is 0 Å². The molecule has 0 N–H and O–H groups in total. The topological polar surface area (TPSA) is 46.6 Å². The average Bonchev–Trinajstić information content (AvgIpc) is 2.04. The molecule has 4 nitrogen and oxygen atoms in total. The van der Waals surface area contributed by atoms with Crippen molar-refractivity contribution in [1.82, 2.24) is 5.06 Å². The van der Waals surface area contributed by atoms with Crippen molar-refractivity contribution in [2.24, 2.45) is 0 Å². The van der Waals surface area contributed by atoms with Gasteiger partial charge in [-0.1, -0.05) is 13.8 Å². The lowest BCUT2D eigenvalue weighted by Gasteiger charge is -2.12. The summed E-state index contributed by atoms with van der Waals surface area (Å²) in [6, 6.07) is 0. The Bertz CT molecular complexity index is 173. The number of amides is 1. The van der Waals surface area contributed by atoms with Crippen LogP contribution in [0.25, 0.3) is 0 Å². The van der Waals surface area contributed by atoms with Crippen molar-refractivity contribution < 1.29 is 14.4 Å². The fourth-order valence-electron chi connectivity index (χ4n) is 0.663. The molecular formula is C8H15NO3S. The van der Waals surface area contributed by atoms with Crippen molar-refractivity contribution >= 4 is 24.1 Å². The monoisotopic (exact) mass is 205 g/mol. The molecule has 0 saturated carbocycles. The van der Waals surface area contributed by atoms with Gasteiger partial charge in [-0.15, -0.1) is 0 Å². The van der Waals surface area contributed by atoms with E-state index in [1.807, 2.05) is 0 Å². The van der Waals surface area contributed by atoms with Gasteiger partial charge in [0.2, 0.25) is 0 Å². The van der Waals surface area contributed by atoms with Crippen LogP contribution in [0.4, 0.5) is 0 Å². The molecule has 0 aliphatic rings. The van der Waals surface area contributed by atoms with Crippen molar-refractivity contribution in [2.45, 2.75) is 25.5 Å². The molecule has 1 amide bonds. The van der Waals surface area contributed by atoms with Gasteiger partial charge in [0.05, 0.1) is 0 Å². The summed E-state index contributed by atoms with van der Waals surface area (Å²) in [5, 5.41) is 1.47. The molecule has 0 atom stereocenters. The van der Waals surface area contributed by atoms with E-state index in [1.165, 1.54) is 7.05 Å². The fraction of sp³-hybridized carbons (Fsp3) is 0.750. The molecule has 0 heterocycles. The van der Waals surface area contributed by atoms with E-state index in [0.29, 0.717) is 11.7 Å². The van der Waals surface area contributed by atoms with Gasteiger partial charge in [0, 0.05) is 19.2 Å². The maximum absolute atomic E-state index is 11.1. The summed E-state index contributed by atoms with van der Waals surface area (Å²) >= 11 is 1.70. The van der Waals surface area contributed by atoms with Crippen molar-refractivity contribution in [3.63, 3.8) is 0 Å². The first-order chi connectivity index (χ1) is 6.07. The highest BCUT2D eigenvalue weighted by Gasteiger charge is 2.08. The summed E-state index contributed by atoms with van der Waals surface area (Å²) in [4.78, 5) is 25.4. The molecule has 0 radical (unpaired) electrons. The first kappa shape index (κ1) is 12.3. The molecule has 0 rings (SSSR count). The predicted molar refractivity (Wildman–Crippen MR) is 52.1 cm³/mol. The summed E-state index contributed by atoms with van der Waals surface area (Å²) in [7, 11) is 1.43. The zero-order chi connectivity index (χ0) is 10.3. The van der Waals surface area contributed by atoms with Crippen LogP contribution in [0.15, 0.2) is 0 Å². The van der Waals surface area contributed by atoms with Gasteiger partial charge in [-0.3, -0.25) is 9.59 Å². The lowest BCUT2D eigenvalue weighted by Crippen LogP contribution is -2.26. The van der Waals surface area contributed by atoms with Gasteiger partial charge < -0.3 is 4.84 Å². The number of thioether (sulfide) groups is 1. The van der Waals surface area contributed by atoms with E-state index in [1.54, 1.807) is 11.8 Å². The Morgan fingerprint density at radius 1 is 1.62 bits per heavy atom. The second-order valence-electron chi connectivity index (χ2n) is 2.76. The smallest absolute Gasteiger partial charge is 0.320 e. The Morgan fingerprint density at radius 3 is 2.69 bits per heavy atom. The van der Waals surface area contributed by atoms with Crippen molar-refractivity contribution in [1.29, 1.82) is 0 Å². The molecule has 0 aromatic rings. The van der Waals surface area contributed by atoms with Gasteiger partial charge >= 0.3 is 6.47 Å². The van der Waals surface area contributed by atoms with Gasteiger partial charge in [-0.05, 0) is 5.25 Å². The third-order valence-electron chi connectivity index (χ3n) is 1.32. The minimum absolute atomic E-state index is 0.180. The SMILES string of the molecule is CC(C)SCCC(=O)N(C)OC=O. The van der Waals surface area contributed by atoms with Crippen LogP contribution in [0, 0.1) is 0 Å². The predicted octanol–water partition coefficient (Wildman–Crippen LogP) is 1.06. The van der Waals surface area contributed by atoms with Crippen LogP contribution in [0.5, 0.6) is 0 Å². The molecule has 0 bridgehead atoms. The standard InChI is InChI=1S/C8H15NO3S/c1-7(2)13-5-4-8(11)9(3)12-6-10/h6-7H,4-5H2,1-3H3. The number of nitrogens with zero attached hydrogens (tertiary/aromatic N) is 1. The maximum atomic E-state index is 11.1. The van der Waals surface area contributed by atoms with E-state index in [0.717, 1.165) is 10.8 Å². The molecule has 0 aliphatic heterocycles. The molecule has 0 spiro atoms. The molecule has 0 aromatic heterocycles. The molecule has 0 unspecified atom stereocenters. The summed E-state index contributed by atoms with van der Waals surface area (Å²) < 4.78 is 0. The summed E-state index contributed by atoms with van der Waals surface area (Å²) in [5.74, 6) is 0.573.